The van der Waals surface area contributed by atoms with Crippen molar-refractivity contribution in [2.24, 2.45) is 5.92 Å². The molecule has 1 aliphatic carbocycles. The third-order valence-electron chi connectivity index (χ3n) is 4.44. The molecule has 3 atom stereocenters. The highest BCUT2D eigenvalue weighted by Crippen LogP contribution is 2.24. The molecule has 0 aliphatic heterocycles. The van der Waals surface area contributed by atoms with Crippen LogP contribution in [0.2, 0.25) is 0 Å². The van der Waals surface area contributed by atoms with E-state index in [1.165, 1.54) is 24.8 Å². The molecule has 112 valence electrons. The van der Waals surface area contributed by atoms with Crippen molar-refractivity contribution in [1.82, 2.24) is 5.32 Å². The van der Waals surface area contributed by atoms with Crippen LogP contribution in [0.4, 0.5) is 0 Å². The first-order valence-electron chi connectivity index (χ1n) is 7.84. The van der Waals surface area contributed by atoms with Gasteiger partial charge in [-0.3, -0.25) is 0 Å². The predicted molar refractivity (Wildman–Crippen MR) is 81.9 cm³/mol. The Bertz CT molecular complexity index is 390. The molecule has 0 spiro atoms. The summed E-state index contributed by atoms with van der Waals surface area (Å²) in [4.78, 5) is 0. The first-order valence-corrected chi connectivity index (χ1v) is 7.84. The first-order chi connectivity index (χ1) is 9.69. The molecule has 20 heavy (non-hydrogen) atoms. The summed E-state index contributed by atoms with van der Waals surface area (Å²) in [6, 6.07) is 8.40. The van der Waals surface area contributed by atoms with Crippen molar-refractivity contribution in [3.63, 3.8) is 0 Å². The average molecular weight is 277 g/mol. The Morgan fingerprint density at radius 3 is 2.60 bits per heavy atom. The fourth-order valence-corrected chi connectivity index (χ4v) is 3.14. The summed E-state index contributed by atoms with van der Waals surface area (Å²) in [5.74, 6) is 0.757. The van der Waals surface area contributed by atoms with Crippen LogP contribution in [0.3, 0.4) is 0 Å². The number of aliphatic hydroxyl groups is 1. The Morgan fingerprint density at radius 1 is 1.20 bits per heavy atom. The Kier molecular flexibility index (Phi) is 5.86. The van der Waals surface area contributed by atoms with Gasteiger partial charge in [-0.05, 0) is 56.2 Å². The molecule has 3 heteroatoms. The molecular weight excluding hydrogens is 250 g/mol. The molecule has 3 unspecified atom stereocenters. The number of phenols is 1. The summed E-state index contributed by atoms with van der Waals surface area (Å²) in [7, 11) is 0. The van der Waals surface area contributed by atoms with E-state index in [-0.39, 0.29) is 0 Å². The molecule has 0 bridgehead atoms. The van der Waals surface area contributed by atoms with E-state index in [0.29, 0.717) is 30.4 Å². The number of hydrogen-bond donors (Lipinski definition) is 3. The van der Waals surface area contributed by atoms with Crippen LogP contribution < -0.4 is 5.32 Å². The third kappa shape index (κ3) is 4.50. The Balaban J connectivity index is 1.76. The number of aryl methyl sites for hydroxylation is 1. The van der Waals surface area contributed by atoms with E-state index in [2.05, 4.69) is 12.2 Å². The molecule has 0 radical (unpaired) electrons. The molecule has 3 nitrogen and oxygen atoms in total. The van der Waals surface area contributed by atoms with Crippen molar-refractivity contribution < 1.29 is 10.2 Å². The summed E-state index contributed by atoms with van der Waals surface area (Å²) in [5, 5.41) is 22.4. The fourth-order valence-electron chi connectivity index (χ4n) is 3.14. The van der Waals surface area contributed by atoms with Gasteiger partial charge in [0, 0.05) is 18.7 Å². The second-order valence-electron chi connectivity index (χ2n) is 6.11. The molecule has 2 rings (SSSR count). The Hall–Kier alpha value is -1.06. The van der Waals surface area contributed by atoms with Gasteiger partial charge in [-0.15, -0.1) is 0 Å². The number of hydrogen-bond acceptors (Lipinski definition) is 3. The molecule has 0 saturated heterocycles. The van der Waals surface area contributed by atoms with Crippen molar-refractivity contribution in [3.8, 4) is 5.75 Å². The molecule has 0 aromatic heterocycles. The molecule has 1 aromatic carbocycles. The minimum absolute atomic E-state index is 0.308. The maximum atomic E-state index is 9.44. The zero-order valence-corrected chi connectivity index (χ0v) is 12.4. The van der Waals surface area contributed by atoms with E-state index >= 15 is 0 Å². The van der Waals surface area contributed by atoms with Gasteiger partial charge in [0.15, 0.2) is 0 Å². The number of benzene rings is 1. The van der Waals surface area contributed by atoms with E-state index in [4.69, 9.17) is 0 Å². The highest BCUT2D eigenvalue weighted by Gasteiger charge is 2.25. The lowest BCUT2D eigenvalue weighted by atomic mass is 9.84. The second-order valence-corrected chi connectivity index (χ2v) is 6.11. The molecule has 1 aliphatic rings. The molecule has 1 fully saturated rings. The molecule has 0 amide bonds. The number of phenolic OH excluding ortho intramolecular Hbond substituents is 1. The van der Waals surface area contributed by atoms with Crippen LogP contribution in [0.15, 0.2) is 24.3 Å². The van der Waals surface area contributed by atoms with Crippen molar-refractivity contribution in [2.45, 2.75) is 57.5 Å². The van der Waals surface area contributed by atoms with Crippen LogP contribution in [0.25, 0.3) is 0 Å². The maximum absolute atomic E-state index is 9.44. The smallest absolute Gasteiger partial charge is 0.115 e. The minimum atomic E-state index is 0.308. The van der Waals surface area contributed by atoms with E-state index in [9.17, 15) is 10.2 Å². The fraction of sp³-hybridized carbons (Fsp3) is 0.647. The SMILES string of the molecule is CC(CCc1ccc(O)cc1)NC1CCCCC1CO. The monoisotopic (exact) mass is 277 g/mol. The molecule has 1 aromatic rings. The quantitative estimate of drug-likeness (QED) is 0.749. The topological polar surface area (TPSA) is 52.5 Å². The van der Waals surface area contributed by atoms with Gasteiger partial charge >= 0.3 is 0 Å². The average Bonchev–Trinajstić information content (AvgIpc) is 2.47. The van der Waals surface area contributed by atoms with Crippen LogP contribution in [0, 0.1) is 5.92 Å². The van der Waals surface area contributed by atoms with Crippen LogP contribution in [0.1, 0.15) is 44.6 Å². The number of aromatic hydroxyl groups is 1. The van der Waals surface area contributed by atoms with Gasteiger partial charge in [-0.25, -0.2) is 0 Å². The van der Waals surface area contributed by atoms with E-state index in [1.807, 2.05) is 12.1 Å². The lowest BCUT2D eigenvalue weighted by molar-refractivity contribution is 0.146. The molecular formula is C17H27NO2. The number of rotatable bonds is 6. The second kappa shape index (κ2) is 7.65. The number of nitrogens with one attached hydrogen (secondary N) is 1. The predicted octanol–water partition coefficient (Wildman–Crippen LogP) is 2.85. The van der Waals surface area contributed by atoms with Gasteiger partial charge in [0.1, 0.15) is 5.75 Å². The minimum Gasteiger partial charge on any atom is -0.508 e. The van der Waals surface area contributed by atoms with E-state index in [0.717, 1.165) is 19.3 Å². The summed E-state index contributed by atoms with van der Waals surface area (Å²) in [6.07, 6.45) is 6.97. The zero-order chi connectivity index (χ0) is 14.4. The van der Waals surface area contributed by atoms with Crippen molar-refractivity contribution in [2.75, 3.05) is 6.61 Å². The van der Waals surface area contributed by atoms with Gasteiger partial charge in [0.05, 0.1) is 0 Å². The van der Waals surface area contributed by atoms with Crippen LogP contribution in [-0.4, -0.2) is 28.9 Å². The zero-order valence-electron chi connectivity index (χ0n) is 12.4. The summed E-state index contributed by atoms with van der Waals surface area (Å²) < 4.78 is 0. The highest BCUT2D eigenvalue weighted by molar-refractivity contribution is 5.25. The third-order valence-corrected chi connectivity index (χ3v) is 4.44. The molecule has 3 N–H and O–H groups in total. The molecule has 0 heterocycles. The highest BCUT2D eigenvalue weighted by atomic mass is 16.3. The van der Waals surface area contributed by atoms with Crippen molar-refractivity contribution >= 4 is 0 Å². The first kappa shape index (κ1) is 15.3. The van der Waals surface area contributed by atoms with Crippen LogP contribution >= 0.6 is 0 Å². The summed E-state index contributed by atoms with van der Waals surface area (Å²) >= 11 is 0. The van der Waals surface area contributed by atoms with Gasteiger partial charge in [-0.1, -0.05) is 25.0 Å². The van der Waals surface area contributed by atoms with Gasteiger partial charge in [0.2, 0.25) is 0 Å². The van der Waals surface area contributed by atoms with Gasteiger partial charge < -0.3 is 15.5 Å². The van der Waals surface area contributed by atoms with Crippen LogP contribution in [-0.2, 0) is 6.42 Å². The lowest BCUT2D eigenvalue weighted by Crippen LogP contribution is -2.44. The maximum Gasteiger partial charge on any atom is 0.115 e. The van der Waals surface area contributed by atoms with Crippen molar-refractivity contribution in [3.05, 3.63) is 29.8 Å². The summed E-state index contributed by atoms with van der Waals surface area (Å²) in [5.41, 5.74) is 1.26. The van der Waals surface area contributed by atoms with Crippen molar-refractivity contribution in [1.29, 1.82) is 0 Å². The van der Waals surface area contributed by atoms with Gasteiger partial charge in [-0.2, -0.15) is 0 Å². The number of aliphatic hydroxyl groups excluding tert-OH is 1. The van der Waals surface area contributed by atoms with Gasteiger partial charge in [0.25, 0.3) is 0 Å². The largest absolute Gasteiger partial charge is 0.508 e. The van der Waals surface area contributed by atoms with E-state index in [1.54, 1.807) is 12.1 Å². The molecule has 1 saturated carbocycles. The Morgan fingerprint density at radius 2 is 1.90 bits per heavy atom. The van der Waals surface area contributed by atoms with Crippen LogP contribution in [0.5, 0.6) is 5.75 Å². The standard InChI is InChI=1S/C17H27NO2/c1-13(6-7-14-8-10-16(20)11-9-14)18-17-5-3-2-4-15(17)12-19/h8-11,13,15,17-20H,2-7,12H2,1H3. The lowest BCUT2D eigenvalue weighted by Gasteiger charge is -2.33. The van der Waals surface area contributed by atoms with E-state index < -0.39 is 0 Å². The summed E-state index contributed by atoms with van der Waals surface area (Å²) in [6.45, 7) is 2.53. The Labute approximate surface area is 122 Å². The normalized spacial score (nSPS) is 24.5.